The van der Waals surface area contributed by atoms with Gasteiger partial charge in [-0.15, -0.1) is 0 Å². The molecule has 11 heteroatoms. The molecule has 1 aromatic carbocycles. The molecule has 5 rings (SSSR count). The molecule has 1 saturated heterocycles. The van der Waals surface area contributed by atoms with Crippen molar-refractivity contribution >= 4 is 15.8 Å². The number of benzene rings is 1. The molecule has 0 spiro atoms. The van der Waals surface area contributed by atoms with E-state index in [9.17, 15) is 8.42 Å². The lowest BCUT2D eigenvalue weighted by atomic mass is 9.99. The molecule has 0 N–H and O–H groups in total. The van der Waals surface area contributed by atoms with E-state index in [1.54, 1.807) is 23.3 Å². The Bertz CT molecular complexity index is 1230. The molecule has 0 bridgehead atoms. The molecule has 10 nitrogen and oxygen atoms in total. The number of anilines is 1. The van der Waals surface area contributed by atoms with Crippen molar-refractivity contribution in [2.24, 2.45) is 0 Å². The van der Waals surface area contributed by atoms with E-state index in [1.807, 2.05) is 30.5 Å². The third-order valence-electron chi connectivity index (χ3n) is 6.26. The van der Waals surface area contributed by atoms with Crippen molar-refractivity contribution < 1.29 is 17.9 Å². The van der Waals surface area contributed by atoms with Gasteiger partial charge in [0.25, 0.3) is 0 Å². The van der Waals surface area contributed by atoms with E-state index in [2.05, 4.69) is 14.9 Å². The van der Waals surface area contributed by atoms with Crippen LogP contribution in [0.5, 0.6) is 11.5 Å². The van der Waals surface area contributed by atoms with Crippen molar-refractivity contribution in [2.75, 3.05) is 31.0 Å². The fourth-order valence-corrected chi connectivity index (χ4v) is 5.32. The van der Waals surface area contributed by atoms with Gasteiger partial charge in [0.2, 0.25) is 22.8 Å². The Balaban J connectivity index is 1.30. The standard InChI is InChI=1S/C23H28N6O4S/c1-34(30,31)28(15-18-5-6-20-21(14-18)33-17-32-20)12-8-19-4-2-3-11-29(19)22-7-9-25-23(26-22)27-13-10-24-16-27/h5-7,9-10,13-14,16,19H,2-4,8,11-12,15,17H2,1H3. The molecule has 1 unspecified atom stereocenters. The van der Waals surface area contributed by atoms with Gasteiger partial charge in [0.05, 0.1) is 6.26 Å². The molecule has 3 aromatic rings. The topological polar surface area (TPSA) is 103 Å². The molecule has 180 valence electrons. The Morgan fingerprint density at radius 1 is 1.15 bits per heavy atom. The number of rotatable bonds is 8. The summed E-state index contributed by atoms with van der Waals surface area (Å²) in [5.74, 6) is 2.76. The van der Waals surface area contributed by atoms with Crippen LogP contribution in [0.3, 0.4) is 0 Å². The summed E-state index contributed by atoms with van der Waals surface area (Å²) in [5, 5.41) is 0. The number of fused-ring (bicyclic) bond motifs is 1. The summed E-state index contributed by atoms with van der Waals surface area (Å²) in [5.41, 5.74) is 0.871. The summed E-state index contributed by atoms with van der Waals surface area (Å²) in [6.45, 7) is 1.79. The molecule has 0 aliphatic carbocycles. The van der Waals surface area contributed by atoms with Gasteiger partial charge in [-0.2, -0.15) is 9.29 Å². The summed E-state index contributed by atoms with van der Waals surface area (Å²) in [6.07, 6.45) is 12.1. The number of aromatic nitrogens is 4. The molecule has 0 amide bonds. The zero-order chi connectivity index (χ0) is 23.5. The minimum atomic E-state index is -3.39. The summed E-state index contributed by atoms with van der Waals surface area (Å²) in [4.78, 5) is 15.5. The van der Waals surface area contributed by atoms with Crippen molar-refractivity contribution in [1.29, 1.82) is 0 Å². The second kappa shape index (κ2) is 9.59. The number of piperidine rings is 1. The summed E-state index contributed by atoms with van der Waals surface area (Å²) in [7, 11) is -3.39. The molecule has 34 heavy (non-hydrogen) atoms. The highest BCUT2D eigenvalue weighted by molar-refractivity contribution is 7.88. The second-order valence-electron chi connectivity index (χ2n) is 8.60. The van der Waals surface area contributed by atoms with Gasteiger partial charge < -0.3 is 14.4 Å². The lowest BCUT2D eigenvalue weighted by molar-refractivity contribution is 0.174. The predicted octanol–water partition coefficient (Wildman–Crippen LogP) is 2.60. The SMILES string of the molecule is CS(=O)(=O)N(CCC1CCCCN1c1ccnc(-n2ccnc2)n1)Cc1ccc2c(c1)OCO2. The minimum absolute atomic E-state index is 0.192. The van der Waals surface area contributed by atoms with Crippen molar-refractivity contribution in [3.63, 3.8) is 0 Å². The van der Waals surface area contributed by atoms with Gasteiger partial charge in [0.1, 0.15) is 12.1 Å². The van der Waals surface area contributed by atoms with Crippen LogP contribution >= 0.6 is 0 Å². The van der Waals surface area contributed by atoms with Crippen LogP contribution < -0.4 is 14.4 Å². The quantitative estimate of drug-likeness (QED) is 0.481. The van der Waals surface area contributed by atoms with Crippen molar-refractivity contribution in [2.45, 2.75) is 38.3 Å². The van der Waals surface area contributed by atoms with Crippen molar-refractivity contribution in [1.82, 2.24) is 23.8 Å². The monoisotopic (exact) mass is 484 g/mol. The lowest BCUT2D eigenvalue weighted by Crippen LogP contribution is -2.43. The van der Waals surface area contributed by atoms with Crippen LogP contribution in [0.25, 0.3) is 5.95 Å². The van der Waals surface area contributed by atoms with E-state index >= 15 is 0 Å². The third-order valence-corrected chi connectivity index (χ3v) is 7.51. The Morgan fingerprint density at radius 2 is 2.03 bits per heavy atom. The third kappa shape index (κ3) is 5.00. The van der Waals surface area contributed by atoms with Gasteiger partial charge in [0.15, 0.2) is 11.5 Å². The van der Waals surface area contributed by atoms with E-state index in [4.69, 9.17) is 14.5 Å². The van der Waals surface area contributed by atoms with Crippen molar-refractivity contribution in [3.8, 4) is 17.4 Å². The predicted molar refractivity (Wildman–Crippen MR) is 127 cm³/mol. The number of nitrogens with zero attached hydrogens (tertiary/aromatic N) is 6. The zero-order valence-electron chi connectivity index (χ0n) is 19.1. The van der Waals surface area contributed by atoms with E-state index in [0.29, 0.717) is 37.0 Å². The van der Waals surface area contributed by atoms with Gasteiger partial charge in [-0.1, -0.05) is 6.07 Å². The van der Waals surface area contributed by atoms with Gasteiger partial charge in [0, 0.05) is 44.3 Å². The van der Waals surface area contributed by atoms with Gasteiger partial charge in [-0.3, -0.25) is 4.57 Å². The zero-order valence-corrected chi connectivity index (χ0v) is 19.9. The van der Waals surface area contributed by atoms with E-state index < -0.39 is 10.0 Å². The first-order chi connectivity index (χ1) is 16.5. The highest BCUT2D eigenvalue weighted by Crippen LogP contribution is 2.33. The van der Waals surface area contributed by atoms with E-state index in [0.717, 1.165) is 37.2 Å². The maximum Gasteiger partial charge on any atom is 0.236 e. The van der Waals surface area contributed by atoms with Crippen LogP contribution in [-0.4, -0.2) is 64.4 Å². The van der Waals surface area contributed by atoms with Crippen molar-refractivity contribution in [3.05, 3.63) is 54.7 Å². The molecule has 1 atom stereocenters. The smallest absolute Gasteiger partial charge is 0.236 e. The number of sulfonamides is 1. The molecule has 0 saturated carbocycles. The molecule has 1 fully saturated rings. The average Bonchev–Trinajstić information content (AvgIpc) is 3.53. The fourth-order valence-electron chi connectivity index (χ4n) is 4.50. The highest BCUT2D eigenvalue weighted by Gasteiger charge is 2.27. The van der Waals surface area contributed by atoms with Crippen LogP contribution in [0.2, 0.25) is 0 Å². The Hall–Kier alpha value is -3.18. The highest BCUT2D eigenvalue weighted by atomic mass is 32.2. The maximum absolute atomic E-state index is 12.6. The van der Waals surface area contributed by atoms with Gasteiger partial charge in [-0.25, -0.2) is 18.4 Å². The molecular weight excluding hydrogens is 456 g/mol. The van der Waals surface area contributed by atoms with Gasteiger partial charge in [-0.05, 0) is 49.4 Å². The first kappa shape index (κ1) is 22.6. The van der Waals surface area contributed by atoms with Crippen LogP contribution in [0, 0.1) is 0 Å². The molecule has 2 aliphatic heterocycles. The minimum Gasteiger partial charge on any atom is -0.454 e. The van der Waals surface area contributed by atoms with Crippen LogP contribution in [0.4, 0.5) is 5.82 Å². The Kier molecular flexibility index (Phi) is 6.38. The first-order valence-corrected chi connectivity index (χ1v) is 13.2. The number of hydrogen-bond acceptors (Lipinski definition) is 8. The van der Waals surface area contributed by atoms with E-state index in [-0.39, 0.29) is 12.8 Å². The molecule has 2 aromatic heterocycles. The number of imidazole rings is 1. The summed E-state index contributed by atoms with van der Waals surface area (Å²) in [6, 6.07) is 7.68. The number of ether oxygens (including phenoxy) is 2. The summed E-state index contributed by atoms with van der Waals surface area (Å²) < 4.78 is 39.3. The average molecular weight is 485 g/mol. The normalized spacial score (nSPS) is 17.9. The van der Waals surface area contributed by atoms with Crippen LogP contribution in [-0.2, 0) is 16.6 Å². The number of hydrogen-bond donors (Lipinski definition) is 0. The largest absolute Gasteiger partial charge is 0.454 e. The maximum atomic E-state index is 12.6. The molecule has 4 heterocycles. The van der Waals surface area contributed by atoms with E-state index in [1.165, 1.54) is 10.6 Å². The Labute approximate surface area is 199 Å². The fraction of sp³-hybridized carbons (Fsp3) is 0.435. The second-order valence-corrected chi connectivity index (χ2v) is 10.6. The lowest BCUT2D eigenvalue weighted by Gasteiger charge is -2.37. The summed E-state index contributed by atoms with van der Waals surface area (Å²) >= 11 is 0. The van der Waals surface area contributed by atoms with Crippen LogP contribution in [0.15, 0.2) is 49.2 Å². The molecule has 2 aliphatic rings. The van der Waals surface area contributed by atoms with Crippen LogP contribution in [0.1, 0.15) is 31.2 Å². The first-order valence-electron chi connectivity index (χ1n) is 11.4. The molecular formula is C23H28N6O4S. The van der Waals surface area contributed by atoms with Gasteiger partial charge >= 0.3 is 0 Å². The molecule has 0 radical (unpaired) electrons. The Morgan fingerprint density at radius 3 is 2.85 bits per heavy atom.